The Balaban J connectivity index is 1.74. The number of hydrogen-bond donors (Lipinski definition) is 3. The molecule has 1 unspecified atom stereocenters. The van der Waals surface area contributed by atoms with Crippen LogP contribution in [0.15, 0.2) is 24.3 Å². The molecule has 1 aliphatic rings. The van der Waals surface area contributed by atoms with Crippen molar-refractivity contribution >= 4 is 11.6 Å². The van der Waals surface area contributed by atoms with Gasteiger partial charge in [0.25, 0.3) is 0 Å². The number of carbonyl (C=O) groups excluding carboxylic acids is 1. The first kappa shape index (κ1) is 11.9. The van der Waals surface area contributed by atoms with Gasteiger partial charge in [0.2, 0.25) is 5.91 Å². The van der Waals surface area contributed by atoms with Gasteiger partial charge in [0.15, 0.2) is 0 Å². The number of phenolic OH excluding ortho intramolecular Hbond substituents is 1. The van der Waals surface area contributed by atoms with E-state index in [9.17, 15) is 4.79 Å². The number of rotatable bonds is 4. The molecule has 1 aromatic carbocycles. The first-order valence-corrected chi connectivity index (χ1v) is 6.06. The van der Waals surface area contributed by atoms with Gasteiger partial charge in [-0.2, -0.15) is 0 Å². The summed E-state index contributed by atoms with van der Waals surface area (Å²) in [7, 11) is 0. The fraction of sp³-hybridized carbons (Fsp3) is 0.462. The Bertz CT molecular complexity index is 370. The van der Waals surface area contributed by atoms with Gasteiger partial charge in [-0.1, -0.05) is 0 Å². The average molecular weight is 234 g/mol. The Kier molecular flexibility index (Phi) is 3.98. The van der Waals surface area contributed by atoms with E-state index < -0.39 is 0 Å². The molecule has 4 heteroatoms. The summed E-state index contributed by atoms with van der Waals surface area (Å²) >= 11 is 0. The Morgan fingerprint density at radius 2 is 2.18 bits per heavy atom. The topological polar surface area (TPSA) is 61.4 Å². The van der Waals surface area contributed by atoms with Crippen molar-refractivity contribution in [2.75, 3.05) is 11.9 Å². The summed E-state index contributed by atoms with van der Waals surface area (Å²) in [6.45, 7) is 1.07. The van der Waals surface area contributed by atoms with Crippen LogP contribution in [-0.2, 0) is 4.79 Å². The van der Waals surface area contributed by atoms with Crippen molar-refractivity contribution in [3.05, 3.63) is 24.3 Å². The van der Waals surface area contributed by atoms with Crippen LogP contribution in [0.2, 0.25) is 0 Å². The number of amides is 1. The highest BCUT2D eigenvalue weighted by molar-refractivity contribution is 5.90. The van der Waals surface area contributed by atoms with Gasteiger partial charge in [-0.25, -0.2) is 0 Å². The molecule has 1 aliphatic heterocycles. The molecule has 1 aromatic rings. The van der Waals surface area contributed by atoms with Gasteiger partial charge in [-0.3, -0.25) is 4.79 Å². The number of anilines is 1. The van der Waals surface area contributed by atoms with E-state index in [4.69, 9.17) is 5.11 Å². The van der Waals surface area contributed by atoms with Gasteiger partial charge >= 0.3 is 0 Å². The zero-order valence-electron chi connectivity index (χ0n) is 9.78. The molecule has 17 heavy (non-hydrogen) atoms. The van der Waals surface area contributed by atoms with E-state index in [-0.39, 0.29) is 11.7 Å². The van der Waals surface area contributed by atoms with Crippen LogP contribution < -0.4 is 10.6 Å². The zero-order valence-corrected chi connectivity index (χ0v) is 9.78. The van der Waals surface area contributed by atoms with Gasteiger partial charge < -0.3 is 15.7 Å². The number of aromatic hydroxyl groups is 1. The monoisotopic (exact) mass is 234 g/mol. The molecule has 0 aliphatic carbocycles. The van der Waals surface area contributed by atoms with Crippen LogP contribution in [0.1, 0.15) is 25.7 Å². The predicted octanol–water partition coefficient (Wildman–Crippen LogP) is 1.86. The Morgan fingerprint density at radius 3 is 2.82 bits per heavy atom. The number of carbonyl (C=O) groups is 1. The van der Waals surface area contributed by atoms with Crippen molar-refractivity contribution in [1.29, 1.82) is 0 Å². The molecule has 1 amide bonds. The second-order valence-electron chi connectivity index (χ2n) is 4.43. The molecule has 1 saturated heterocycles. The SMILES string of the molecule is O=C(CCC1CCCN1)Nc1ccc(O)cc1. The van der Waals surface area contributed by atoms with Crippen LogP contribution in [0, 0.1) is 0 Å². The number of nitrogens with one attached hydrogen (secondary N) is 2. The molecule has 1 atom stereocenters. The van der Waals surface area contributed by atoms with E-state index in [0.29, 0.717) is 12.5 Å². The maximum Gasteiger partial charge on any atom is 0.224 e. The van der Waals surface area contributed by atoms with Gasteiger partial charge in [0, 0.05) is 18.2 Å². The smallest absolute Gasteiger partial charge is 0.224 e. The van der Waals surface area contributed by atoms with Crippen molar-refractivity contribution in [3.63, 3.8) is 0 Å². The zero-order chi connectivity index (χ0) is 12.1. The molecular weight excluding hydrogens is 216 g/mol. The first-order valence-electron chi connectivity index (χ1n) is 6.06. The summed E-state index contributed by atoms with van der Waals surface area (Å²) in [4.78, 5) is 11.7. The highest BCUT2D eigenvalue weighted by atomic mass is 16.3. The van der Waals surface area contributed by atoms with Gasteiger partial charge in [0.05, 0.1) is 0 Å². The molecule has 0 saturated carbocycles. The molecule has 0 spiro atoms. The van der Waals surface area contributed by atoms with Crippen molar-refractivity contribution in [2.45, 2.75) is 31.7 Å². The van der Waals surface area contributed by atoms with Gasteiger partial charge in [-0.05, 0) is 50.1 Å². The average Bonchev–Trinajstić information content (AvgIpc) is 2.83. The highest BCUT2D eigenvalue weighted by Gasteiger charge is 2.15. The fourth-order valence-electron chi connectivity index (χ4n) is 2.08. The second-order valence-corrected chi connectivity index (χ2v) is 4.43. The number of phenols is 1. The minimum absolute atomic E-state index is 0.0318. The lowest BCUT2D eigenvalue weighted by Crippen LogP contribution is -2.23. The van der Waals surface area contributed by atoms with Crippen LogP contribution in [0.4, 0.5) is 5.69 Å². The quantitative estimate of drug-likeness (QED) is 0.697. The molecule has 0 aromatic heterocycles. The van der Waals surface area contributed by atoms with E-state index in [2.05, 4.69) is 10.6 Å². The van der Waals surface area contributed by atoms with Crippen LogP contribution in [-0.4, -0.2) is 23.6 Å². The van der Waals surface area contributed by atoms with Crippen molar-refractivity contribution < 1.29 is 9.90 Å². The van der Waals surface area contributed by atoms with Crippen LogP contribution in [0.5, 0.6) is 5.75 Å². The van der Waals surface area contributed by atoms with E-state index in [1.165, 1.54) is 12.8 Å². The molecule has 0 bridgehead atoms. The largest absolute Gasteiger partial charge is 0.508 e. The van der Waals surface area contributed by atoms with Crippen molar-refractivity contribution in [2.24, 2.45) is 0 Å². The molecule has 0 radical (unpaired) electrons. The summed E-state index contributed by atoms with van der Waals surface area (Å²) in [5, 5.41) is 15.3. The third-order valence-electron chi connectivity index (χ3n) is 3.03. The lowest BCUT2D eigenvalue weighted by molar-refractivity contribution is -0.116. The third-order valence-corrected chi connectivity index (χ3v) is 3.03. The minimum atomic E-state index is 0.0318. The predicted molar refractivity (Wildman–Crippen MR) is 67.0 cm³/mol. The second kappa shape index (κ2) is 5.68. The standard InChI is InChI=1S/C13H18N2O2/c16-12-6-3-11(4-7-12)15-13(17)8-5-10-2-1-9-14-10/h3-4,6-7,10,14,16H,1-2,5,8-9H2,(H,15,17). The summed E-state index contributed by atoms with van der Waals surface area (Å²) in [5.41, 5.74) is 0.729. The highest BCUT2D eigenvalue weighted by Crippen LogP contribution is 2.15. The number of benzene rings is 1. The van der Waals surface area contributed by atoms with E-state index >= 15 is 0 Å². The number of hydrogen-bond acceptors (Lipinski definition) is 3. The van der Waals surface area contributed by atoms with Gasteiger partial charge in [0.1, 0.15) is 5.75 Å². The molecule has 1 heterocycles. The summed E-state index contributed by atoms with van der Waals surface area (Å²) in [6.07, 6.45) is 3.82. The van der Waals surface area contributed by atoms with E-state index in [1.807, 2.05) is 0 Å². The lowest BCUT2D eigenvalue weighted by atomic mass is 10.1. The van der Waals surface area contributed by atoms with Crippen molar-refractivity contribution in [3.8, 4) is 5.75 Å². The molecule has 92 valence electrons. The van der Waals surface area contributed by atoms with E-state index in [1.54, 1.807) is 24.3 Å². The van der Waals surface area contributed by atoms with E-state index in [0.717, 1.165) is 18.7 Å². The summed E-state index contributed by atoms with van der Waals surface area (Å²) < 4.78 is 0. The molecule has 3 N–H and O–H groups in total. The summed E-state index contributed by atoms with van der Waals surface area (Å²) in [6, 6.07) is 7.02. The lowest BCUT2D eigenvalue weighted by Gasteiger charge is -2.10. The molecule has 4 nitrogen and oxygen atoms in total. The van der Waals surface area contributed by atoms with Crippen molar-refractivity contribution in [1.82, 2.24) is 5.32 Å². The van der Waals surface area contributed by atoms with Gasteiger partial charge in [-0.15, -0.1) is 0 Å². The first-order chi connectivity index (χ1) is 8.24. The molecule has 2 rings (SSSR count). The Labute approximate surface area is 101 Å². The Hall–Kier alpha value is -1.55. The molecular formula is C13H18N2O2. The normalized spacial score (nSPS) is 19.2. The summed E-state index contributed by atoms with van der Waals surface area (Å²) in [5.74, 6) is 0.238. The Morgan fingerprint density at radius 1 is 1.41 bits per heavy atom. The maximum atomic E-state index is 11.7. The maximum absolute atomic E-state index is 11.7. The van der Waals surface area contributed by atoms with Crippen LogP contribution >= 0.6 is 0 Å². The third kappa shape index (κ3) is 3.75. The fourth-order valence-corrected chi connectivity index (χ4v) is 2.08. The minimum Gasteiger partial charge on any atom is -0.508 e. The molecule has 1 fully saturated rings. The van der Waals surface area contributed by atoms with Crippen LogP contribution in [0.3, 0.4) is 0 Å². The van der Waals surface area contributed by atoms with Crippen LogP contribution in [0.25, 0.3) is 0 Å².